The second kappa shape index (κ2) is 5.50. The Hall–Kier alpha value is -3.27. The quantitative estimate of drug-likeness (QED) is 0.606. The number of phenolic OH excluding ortho intramolecular Hbond substituents is 1. The molecule has 4 nitrogen and oxygen atoms in total. The number of hydrogen-bond donors (Lipinski definition) is 1. The maximum Gasteiger partial charge on any atom is 0.125 e. The van der Waals surface area contributed by atoms with Gasteiger partial charge in [0.2, 0.25) is 0 Å². The lowest BCUT2D eigenvalue weighted by Crippen LogP contribution is -1.96. The zero-order valence-corrected chi connectivity index (χ0v) is 12.2. The molecule has 110 valence electrons. The fourth-order valence-corrected chi connectivity index (χ4v) is 2.67. The zero-order valence-electron chi connectivity index (χ0n) is 12.2. The smallest absolute Gasteiger partial charge is 0.125 e. The second-order valence-electron chi connectivity index (χ2n) is 5.17. The van der Waals surface area contributed by atoms with Crippen molar-refractivity contribution in [2.45, 2.75) is 0 Å². The van der Waals surface area contributed by atoms with Crippen molar-refractivity contribution in [1.82, 2.24) is 15.2 Å². The van der Waals surface area contributed by atoms with Gasteiger partial charge in [0.05, 0.1) is 5.69 Å². The highest BCUT2D eigenvalue weighted by Crippen LogP contribution is 2.34. The summed E-state index contributed by atoms with van der Waals surface area (Å²) in [6, 6.07) is 20.8. The van der Waals surface area contributed by atoms with E-state index in [2.05, 4.69) is 15.2 Å². The summed E-state index contributed by atoms with van der Waals surface area (Å²) in [7, 11) is 0. The van der Waals surface area contributed by atoms with Gasteiger partial charge < -0.3 is 5.11 Å². The molecule has 0 saturated carbocycles. The predicted molar refractivity (Wildman–Crippen MR) is 89.9 cm³/mol. The van der Waals surface area contributed by atoms with Crippen LogP contribution in [0, 0.1) is 0 Å². The van der Waals surface area contributed by atoms with E-state index in [-0.39, 0.29) is 5.75 Å². The number of fused-ring (bicyclic) bond motifs is 1. The summed E-state index contributed by atoms with van der Waals surface area (Å²) < 4.78 is 0. The van der Waals surface area contributed by atoms with Crippen LogP contribution in [0.25, 0.3) is 33.4 Å². The van der Waals surface area contributed by atoms with Crippen LogP contribution in [-0.2, 0) is 0 Å². The van der Waals surface area contributed by atoms with Gasteiger partial charge in [-0.15, -0.1) is 10.2 Å². The number of pyridine rings is 1. The molecule has 0 unspecified atom stereocenters. The maximum atomic E-state index is 10.1. The van der Waals surface area contributed by atoms with Crippen molar-refractivity contribution in [2.24, 2.45) is 0 Å². The number of aromatic hydroxyl groups is 1. The third-order valence-electron chi connectivity index (χ3n) is 3.75. The molecule has 0 spiro atoms. The van der Waals surface area contributed by atoms with E-state index in [0.29, 0.717) is 11.3 Å². The van der Waals surface area contributed by atoms with Crippen LogP contribution in [0.5, 0.6) is 5.75 Å². The molecule has 0 aliphatic carbocycles. The zero-order chi connectivity index (χ0) is 15.6. The lowest BCUT2D eigenvalue weighted by molar-refractivity contribution is 0.477. The molecule has 0 amide bonds. The highest BCUT2D eigenvalue weighted by atomic mass is 16.3. The SMILES string of the molecule is Oc1ccccc1-c1nnc(-c2ccccn2)c2ccccc12. The van der Waals surface area contributed by atoms with Gasteiger partial charge in [-0.05, 0) is 24.3 Å². The largest absolute Gasteiger partial charge is 0.507 e. The van der Waals surface area contributed by atoms with Crippen LogP contribution in [0.15, 0.2) is 72.9 Å². The molecule has 2 heterocycles. The number of aromatic nitrogens is 3. The molecular weight excluding hydrogens is 286 g/mol. The Morgan fingerprint density at radius 1 is 0.652 bits per heavy atom. The molecule has 4 rings (SSSR count). The van der Waals surface area contributed by atoms with E-state index < -0.39 is 0 Å². The van der Waals surface area contributed by atoms with Crippen molar-refractivity contribution in [1.29, 1.82) is 0 Å². The van der Waals surface area contributed by atoms with Crippen molar-refractivity contribution in [3.05, 3.63) is 72.9 Å². The number of benzene rings is 2. The van der Waals surface area contributed by atoms with Crippen molar-refractivity contribution in [3.63, 3.8) is 0 Å². The van der Waals surface area contributed by atoms with Crippen LogP contribution < -0.4 is 0 Å². The average Bonchev–Trinajstić information content (AvgIpc) is 2.62. The van der Waals surface area contributed by atoms with Gasteiger partial charge in [-0.25, -0.2) is 0 Å². The minimum absolute atomic E-state index is 0.192. The fraction of sp³-hybridized carbons (Fsp3) is 0. The first-order valence-corrected chi connectivity index (χ1v) is 7.30. The van der Waals surface area contributed by atoms with Crippen LogP contribution in [0.3, 0.4) is 0 Å². The Morgan fingerprint density at radius 3 is 2.04 bits per heavy atom. The molecular formula is C19H13N3O. The van der Waals surface area contributed by atoms with Gasteiger partial charge in [0, 0.05) is 22.5 Å². The minimum atomic E-state index is 0.192. The van der Waals surface area contributed by atoms with Gasteiger partial charge in [-0.2, -0.15) is 0 Å². The topological polar surface area (TPSA) is 58.9 Å². The van der Waals surface area contributed by atoms with Gasteiger partial charge in [0.1, 0.15) is 17.1 Å². The van der Waals surface area contributed by atoms with Crippen LogP contribution in [0.1, 0.15) is 0 Å². The number of rotatable bonds is 2. The lowest BCUT2D eigenvalue weighted by Gasteiger charge is -2.10. The Bertz CT molecular complexity index is 984. The normalized spacial score (nSPS) is 10.8. The molecule has 4 aromatic rings. The van der Waals surface area contributed by atoms with Gasteiger partial charge in [0.25, 0.3) is 0 Å². The van der Waals surface area contributed by atoms with E-state index in [1.807, 2.05) is 54.6 Å². The number of nitrogens with zero attached hydrogens (tertiary/aromatic N) is 3. The van der Waals surface area contributed by atoms with Gasteiger partial charge in [-0.1, -0.05) is 42.5 Å². The monoisotopic (exact) mass is 299 g/mol. The van der Waals surface area contributed by atoms with Crippen molar-refractivity contribution < 1.29 is 5.11 Å². The molecule has 0 atom stereocenters. The Labute approximate surface area is 133 Å². The summed E-state index contributed by atoms with van der Waals surface area (Å²) in [4.78, 5) is 4.37. The van der Waals surface area contributed by atoms with E-state index in [1.165, 1.54) is 0 Å². The first-order chi connectivity index (χ1) is 11.3. The lowest BCUT2D eigenvalue weighted by atomic mass is 10.0. The standard InChI is InChI=1S/C19H13N3O/c23-17-11-4-3-9-15(17)18-13-7-1-2-8-14(13)19(22-21-18)16-10-5-6-12-20-16/h1-12,23H. The van der Waals surface area contributed by atoms with Crippen LogP contribution >= 0.6 is 0 Å². The molecule has 0 aliphatic heterocycles. The van der Waals surface area contributed by atoms with Crippen molar-refractivity contribution in [2.75, 3.05) is 0 Å². The number of hydrogen-bond acceptors (Lipinski definition) is 4. The molecule has 2 aromatic carbocycles. The molecule has 2 aromatic heterocycles. The van der Waals surface area contributed by atoms with Crippen molar-refractivity contribution >= 4 is 10.8 Å². The third kappa shape index (κ3) is 2.30. The van der Waals surface area contributed by atoms with Gasteiger partial charge >= 0.3 is 0 Å². The molecule has 0 saturated heterocycles. The highest BCUT2D eigenvalue weighted by Gasteiger charge is 2.14. The summed E-state index contributed by atoms with van der Waals surface area (Å²) in [5.41, 5.74) is 2.85. The molecule has 0 radical (unpaired) electrons. The first kappa shape index (κ1) is 13.4. The Balaban J connectivity index is 2.02. The van der Waals surface area contributed by atoms with E-state index in [9.17, 15) is 5.11 Å². The Kier molecular flexibility index (Phi) is 3.20. The van der Waals surface area contributed by atoms with Gasteiger partial charge in [0.15, 0.2) is 0 Å². The van der Waals surface area contributed by atoms with Gasteiger partial charge in [-0.3, -0.25) is 4.98 Å². The third-order valence-corrected chi connectivity index (χ3v) is 3.75. The van der Waals surface area contributed by atoms with Crippen molar-refractivity contribution in [3.8, 4) is 28.4 Å². The van der Waals surface area contributed by atoms with Crippen LogP contribution in [0.2, 0.25) is 0 Å². The number of para-hydroxylation sites is 1. The molecule has 4 heteroatoms. The second-order valence-corrected chi connectivity index (χ2v) is 5.17. The summed E-state index contributed by atoms with van der Waals surface area (Å²) in [6.07, 6.45) is 1.74. The summed E-state index contributed by atoms with van der Waals surface area (Å²) in [6.45, 7) is 0. The molecule has 0 fully saturated rings. The average molecular weight is 299 g/mol. The first-order valence-electron chi connectivity index (χ1n) is 7.30. The minimum Gasteiger partial charge on any atom is -0.507 e. The molecule has 23 heavy (non-hydrogen) atoms. The summed E-state index contributed by atoms with van der Waals surface area (Å²) >= 11 is 0. The summed E-state index contributed by atoms with van der Waals surface area (Å²) in [5.74, 6) is 0.192. The number of phenols is 1. The van der Waals surface area contributed by atoms with E-state index in [4.69, 9.17) is 0 Å². The van der Waals surface area contributed by atoms with E-state index >= 15 is 0 Å². The fourth-order valence-electron chi connectivity index (χ4n) is 2.67. The van der Waals surface area contributed by atoms with E-state index in [1.54, 1.807) is 18.3 Å². The van der Waals surface area contributed by atoms with Crippen LogP contribution in [-0.4, -0.2) is 20.3 Å². The predicted octanol–water partition coefficient (Wildman–Crippen LogP) is 4.06. The van der Waals surface area contributed by atoms with E-state index in [0.717, 1.165) is 22.2 Å². The molecule has 0 aliphatic rings. The highest BCUT2D eigenvalue weighted by molar-refractivity contribution is 6.01. The molecule has 1 N–H and O–H groups in total. The summed E-state index contributed by atoms with van der Waals surface area (Å²) in [5, 5.41) is 20.8. The maximum absolute atomic E-state index is 10.1. The Morgan fingerprint density at radius 2 is 1.30 bits per heavy atom. The van der Waals surface area contributed by atoms with Crippen LogP contribution in [0.4, 0.5) is 0 Å². The molecule has 0 bridgehead atoms.